The van der Waals surface area contributed by atoms with E-state index in [1.165, 1.54) is 32.1 Å². The van der Waals surface area contributed by atoms with Gasteiger partial charge in [0.1, 0.15) is 0 Å². The first kappa shape index (κ1) is 11.7. The number of Topliss-reactive ketones (excluding diaryl/α,β-unsaturated/α-hetero) is 1. The summed E-state index contributed by atoms with van der Waals surface area (Å²) in [6.45, 7) is 3.87. The van der Waals surface area contributed by atoms with Crippen molar-refractivity contribution >= 4 is 5.78 Å². The minimum Gasteiger partial charge on any atom is -0.321 e. The number of ketones is 1. The lowest BCUT2D eigenvalue weighted by Crippen LogP contribution is -2.35. The van der Waals surface area contributed by atoms with Crippen LogP contribution in [0.15, 0.2) is 0 Å². The van der Waals surface area contributed by atoms with Crippen molar-refractivity contribution in [1.82, 2.24) is 0 Å². The van der Waals surface area contributed by atoms with Crippen molar-refractivity contribution in [2.75, 3.05) is 0 Å². The van der Waals surface area contributed by atoms with Gasteiger partial charge in [0, 0.05) is 5.92 Å². The van der Waals surface area contributed by atoms with Crippen LogP contribution in [0.5, 0.6) is 0 Å². The molecule has 2 heteroatoms. The van der Waals surface area contributed by atoms with Gasteiger partial charge in [-0.05, 0) is 12.3 Å². The van der Waals surface area contributed by atoms with Crippen LogP contribution in [0.2, 0.25) is 0 Å². The first-order valence-corrected chi connectivity index (χ1v) is 5.90. The standard InChI is InChI=1S/C12H23NO/c1-9(2)12(14)11(13)8-10-6-4-3-5-7-10/h9-11H,3-8,13H2,1-2H3/t11-/m0/s1. The van der Waals surface area contributed by atoms with Crippen LogP contribution in [0, 0.1) is 11.8 Å². The lowest BCUT2D eigenvalue weighted by Gasteiger charge is -2.24. The third-order valence-electron chi connectivity index (χ3n) is 3.25. The van der Waals surface area contributed by atoms with E-state index in [-0.39, 0.29) is 17.7 Å². The molecule has 0 spiro atoms. The van der Waals surface area contributed by atoms with Gasteiger partial charge in [-0.1, -0.05) is 46.0 Å². The Morgan fingerprint density at radius 1 is 1.29 bits per heavy atom. The van der Waals surface area contributed by atoms with E-state index in [1.54, 1.807) is 0 Å². The average molecular weight is 197 g/mol. The second-order valence-corrected chi connectivity index (χ2v) is 4.90. The molecule has 0 heterocycles. The summed E-state index contributed by atoms with van der Waals surface area (Å²) in [5.74, 6) is 1.03. The zero-order valence-electron chi connectivity index (χ0n) is 9.46. The van der Waals surface area contributed by atoms with Crippen LogP contribution < -0.4 is 5.73 Å². The van der Waals surface area contributed by atoms with Gasteiger partial charge in [-0.25, -0.2) is 0 Å². The van der Waals surface area contributed by atoms with Crippen LogP contribution in [0.25, 0.3) is 0 Å². The van der Waals surface area contributed by atoms with Gasteiger partial charge in [0.25, 0.3) is 0 Å². The Morgan fingerprint density at radius 3 is 2.36 bits per heavy atom. The third kappa shape index (κ3) is 3.41. The highest BCUT2D eigenvalue weighted by atomic mass is 16.1. The zero-order chi connectivity index (χ0) is 10.6. The SMILES string of the molecule is CC(C)C(=O)[C@@H](N)CC1CCCCC1. The highest BCUT2D eigenvalue weighted by molar-refractivity contribution is 5.85. The van der Waals surface area contributed by atoms with Crippen molar-refractivity contribution in [1.29, 1.82) is 0 Å². The second kappa shape index (κ2) is 5.50. The summed E-state index contributed by atoms with van der Waals surface area (Å²) in [6.07, 6.45) is 7.49. The summed E-state index contributed by atoms with van der Waals surface area (Å²) >= 11 is 0. The summed E-state index contributed by atoms with van der Waals surface area (Å²) in [5.41, 5.74) is 5.90. The molecule has 2 N–H and O–H groups in total. The molecule has 1 aliphatic carbocycles. The van der Waals surface area contributed by atoms with E-state index in [4.69, 9.17) is 5.73 Å². The fraction of sp³-hybridized carbons (Fsp3) is 0.917. The number of hydrogen-bond acceptors (Lipinski definition) is 2. The Balaban J connectivity index is 2.31. The lowest BCUT2D eigenvalue weighted by atomic mass is 9.83. The van der Waals surface area contributed by atoms with E-state index in [9.17, 15) is 4.79 Å². The largest absolute Gasteiger partial charge is 0.321 e. The molecule has 1 atom stereocenters. The monoisotopic (exact) mass is 197 g/mol. The van der Waals surface area contributed by atoms with Crippen LogP contribution in [0.4, 0.5) is 0 Å². The molecule has 2 nitrogen and oxygen atoms in total. The quantitative estimate of drug-likeness (QED) is 0.752. The Bertz CT molecular complexity index is 183. The lowest BCUT2D eigenvalue weighted by molar-refractivity contribution is -0.123. The molecule has 1 aliphatic rings. The summed E-state index contributed by atoms with van der Waals surface area (Å²) in [4.78, 5) is 11.6. The third-order valence-corrected chi connectivity index (χ3v) is 3.25. The predicted octanol–water partition coefficient (Wildman–Crippen LogP) is 2.51. The topological polar surface area (TPSA) is 43.1 Å². The Kier molecular flexibility index (Phi) is 4.59. The molecule has 0 amide bonds. The molecule has 1 saturated carbocycles. The first-order valence-electron chi connectivity index (χ1n) is 5.90. The number of nitrogens with two attached hydrogens (primary N) is 1. The van der Waals surface area contributed by atoms with E-state index >= 15 is 0 Å². The maximum Gasteiger partial charge on any atom is 0.152 e. The minimum absolute atomic E-state index is 0.0913. The average Bonchev–Trinajstić information content (AvgIpc) is 2.18. The fourth-order valence-corrected chi connectivity index (χ4v) is 2.33. The van der Waals surface area contributed by atoms with Crippen LogP contribution in [-0.4, -0.2) is 11.8 Å². The highest BCUT2D eigenvalue weighted by Crippen LogP contribution is 2.27. The van der Waals surface area contributed by atoms with Crippen molar-refractivity contribution in [2.45, 2.75) is 58.4 Å². The Labute approximate surface area is 87.2 Å². The second-order valence-electron chi connectivity index (χ2n) is 4.90. The number of carbonyl (C=O) groups is 1. The highest BCUT2D eigenvalue weighted by Gasteiger charge is 2.22. The molecule has 82 valence electrons. The summed E-state index contributed by atoms with van der Waals surface area (Å²) in [6, 6.07) is -0.210. The molecular formula is C12H23NO. The Hall–Kier alpha value is -0.370. The maximum absolute atomic E-state index is 11.6. The molecule has 0 aromatic heterocycles. The number of carbonyl (C=O) groups excluding carboxylic acids is 1. The molecule has 0 saturated heterocycles. The summed E-state index contributed by atoms with van der Waals surface area (Å²) in [5, 5.41) is 0. The van der Waals surface area contributed by atoms with Crippen molar-refractivity contribution in [3.05, 3.63) is 0 Å². The minimum atomic E-state index is -0.210. The molecule has 0 radical (unpaired) electrons. The fourth-order valence-electron chi connectivity index (χ4n) is 2.33. The van der Waals surface area contributed by atoms with Gasteiger partial charge in [0.05, 0.1) is 6.04 Å². The smallest absolute Gasteiger partial charge is 0.152 e. The zero-order valence-corrected chi connectivity index (χ0v) is 9.46. The van der Waals surface area contributed by atoms with Gasteiger partial charge in [0.2, 0.25) is 0 Å². The van der Waals surface area contributed by atoms with Gasteiger partial charge in [-0.3, -0.25) is 4.79 Å². The molecule has 0 aliphatic heterocycles. The Morgan fingerprint density at radius 2 is 1.86 bits per heavy atom. The van der Waals surface area contributed by atoms with Crippen molar-refractivity contribution < 1.29 is 4.79 Å². The molecule has 0 aromatic carbocycles. The number of hydrogen-bond donors (Lipinski definition) is 1. The molecule has 0 aromatic rings. The van der Waals surface area contributed by atoms with Gasteiger partial charge in [-0.15, -0.1) is 0 Å². The van der Waals surface area contributed by atoms with Gasteiger partial charge >= 0.3 is 0 Å². The van der Waals surface area contributed by atoms with Crippen molar-refractivity contribution in [3.8, 4) is 0 Å². The van der Waals surface area contributed by atoms with Gasteiger partial charge < -0.3 is 5.73 Å². The molecule has 1 rings (SSSR count). The van der Waals surface area contributed by atoms with E-state index < -0.39 is 0 Å². The van der Waals surface area contributed by atoms with Crippen molar-refractivity contribution in [2.24, 2.45) is 17.6 Å². The maximum atomic E-state index is 11.6. The molecule has 0 unspecified atom stereocenters. The predicted molar refractivity (Wildman–Crippen MR) is 59.0 cm³/mol. The summed E-state index contributed by atoms with van der Waals surface area (Å²) in [7, 11) is 0. The van der Waals surface area contributed by atoms with Gasteiger partial charge in [-0.2, -0.15) is 0 Å². The van der Waals surface area contributed by atoms with Crippen LogP contribution >= 0.6 is 0 Å². The van der Waals surface area contributed by atoms with E-state index in [0.29, 0.717) is 5.92 Å². The molecule has 0 bridgehead atoms. The van der Waals surface area contributed by atoms with Crippen molar-refractivity contribution in [3.63, 3.8) is 0 Å². The normalized spacial score (nSPS) is 21.1. The van der Waals surface area contributed by atoms with E-state index in [2.05, 4.69) is 0 Å². The molecular weight excluding hydrogens is 174 g/mol. The van der Waals surface area contributed by atoms with E-state index in [0.717, 1.165) is 6.42 Å². The summed E-state index contributed by atoms with van der Waals surface area (Å²) < 4.78 is 0. The van der Waals surface area contributed by atoms with Gasteiger partial charge in [0.15, 0.2) is 5.78 Å². The number of rotatable bonds is 4. The first-order chi connectivity index (χ1) is 6.61. The van der Waals surface area contributed by atoms with Crippen LogP contribution in [-0.2, 0) is 4.79 Å². The molecule has 1 fully saturated rings. The van der Waals surface area contributed by atoms with Crippen LogP contribution in [0.1, 0.15) is 52.4 Å². The van der Waals surface area contributed by atoms with Crippen LogP contribution in [0.3, 0.4) is 0 Å². The van der Waals surface area contributed by atoms with E-state index in [1.807, 2.05) is 13.8 Å². The molecule has 14 heavy (non-hydrogen) atoms.